The van der Waals surface area contributed by atoms with E-state index in [1.54, 1.807) is 0 Å². The Balaban J connectivity index is 4.26. The van der Waals surface area contributed by atoms with Crippen molar-refractivity contribution in [3.05, 3.63) is 0 Å². The normalized spacial score (nSPS) is 10.9. The first-order valence-electron chi connectivity index (χ1n) is 7.18. The highest BCUT2D eigenvalue weighted by Gasteiger charge is 2.30. The van der Waals surface area contributed by atoms with Gasteiger partial charge in [-0.25, -0.2) is 0 Å². The molecule has 0 unspecified atom stereocenters. The molecule has 6 nitrogen and oxygen atoms in total. The van der Waals surface area contributed by atoms with Crippen molar-refractivity contribution in [2.45, 2.75) is 64.8 Å². The first kappa shape index (κ1) is 18.4. The van der Waals surface area contributed by atoms with Crippen LogP contribution in [0, 0.1) is 0 Å². The molecule has 0 radical (unpaired) electrons. The van der Waals surface area contributed by atoms with Crippen molar-refractivity contribution >= 4 is 17.8 Å². The molecule has 2 amide bonds. The zero-order valence-electron chi connectivity index (χ0n) is 12.6. The smallest absolute Gasteiger partial charge is 0.305 e. The van der Waals surface area contributed by atoms with Gasteiger partial charge in [0.15, 0.2) is 0 Å². The van der Waals surface area contributed by atoms with Gasteiger partial charge in [0.1, 0.15) is 0 Å². The number of amides is 2. The van der Waals surface area contributed by atoms with E-state index in [0.717, 1.165) is 0 Å². The fourth-order valence-corrected chi connectivity index (χ4v) is 2.06. The Bertz CT molecular complexity index is 338. The first-order valence-corrected chi connectivity index (χ1v) is 7.18. The molecule has 0 aliphatic rings. The highest BCUT2D eigenvalue weighted by Crippen LogP contribution is 2.20. The van der Waals surface area contributed by atoms with Crippen LogP contribution in [-0.4, -0.2) is 35.0 Å². The fourth-order valence-electron chi connectivity index (χ4n) is 2.06. The van der Waals surface area contributed by atoms with Gasteiger partial charge in [0, 0.05) is 24.9 Å². The second-order valence-electron chi connectivity index (χ2n) is 4.91. The van der Waals surface area contributed by atoms with E-state index in [9.17, 15) is 14.4 Å². The molecule has 20 heavy (non-hydrogen) atoms. The highest BCUT2D eigenvalue weighted by molar-refractivity contribution is 5.80. The standard InChI is InChI=1S/C14H26N2O4/c1-4-14(5-2,10-13(19)20)16-12(18)9-7-8-11(17)15-6-3/h4-10H2,1-3H3,(H,15,17)(H,16,18)(H,19,20). The minimum atomic E-state index is -0.920. The zero-order valence-corrected chi connectivity index (χ0v) is 12.6. The molecule has 0 saturated carbocycles. The Labute approximate surface area is 120 Å². The summed E-state index contributed by atoms with van der Waals surface area (Å²) in [5, 5.41) is 14.4. The van der Waals surface area contributed by atoms with Crippen molar-refractivity contribution in [3.63, 3.8) is 0 Å². The molecule has 0 fully saturated rings. The second kappa shape index (κ2) is 9.34. The van der Waals surface area contributed by atoms with Crippen LogP contribution in [0.3, 0.4) is 0 Å². The molecule has 0 saturated heterocycles. The van der Waals surface area contributed by atoms with E-state index >= 15 is 0 Å². The number of aliphatic carboxylic acids is 1. The average Bonchev–Trinajstić information content (AvgIpc) is 2.37. The lowest BCUT2D eigenvalue weighted by molar-refractivity contribution is -0.139. The van der Waals surface area contributed by atoms with Gasteiger partial charge < -0.3 is 15.7 Å². The number of rotatable bonds is 10. The number of hydrogen-bond donors (Lipinski definition) is 3. The minimum absolute atomic E-state index is 0.0666. The maximum atomic E-state index is 11.9. The summed E-state index contributed by atoms with van der Waals surface area (Å²) >= 11 is 0. The Morgan fingerprint density at radius 2 is 1.55 bits per heavy atom. The topological polar surface area (TPSA) is 95.5 Å². The van der Waals surface area contributed by atoms with Crippen LogP contribution in [0.1, 0.15) is 59.3 Å². The molecule has 0 heterocycles. The molecular weight excluding hydrogens is 260 g/mol. The molecule has 0 aromatic rings. The van der Waals surface area contributed by atoms with E-state index in [2.05, 4.69) is 10.6 Å². The van der Waals surface area contributed by atoms with Gasteiger partial charge >= 0.3 is 5.97 Å². The maximum Gasteiger partial charge on any atom is 0.305 e. The third-order valence-corrected chi connectivity index (χ3v) is 3.43. The Hall–Kier alpha value is -1.59. The molecule has 6 heteroatoms. The number of carboxylic acids is 1. The molecule has 3 N–H and O–H groups in total. The zero-order chi connectivity index (χ0) is 15.6. The fraction of sp³-hybridized carbons (Fsp3) is 0.786. The molecule has 0 atom stereocenters. The van der Waals surface area contributed by atoms with E-state index in [1.165, 1.54) is 0 Å². The van der Waals surface area contributed by atoms with Crippen LogP contribution < -0.4 is 10.6 Å². The Morgan fingerprint density at radius 3 is 2.00 bits per heavy atom. The summed E-state index contributed by atoms with van der Waals surface area (Å²) in [6, 6.07) is 0. The summed E-state index contributed by atoms with van der Waals surface area (Å²) in [5.74, 6) is -1.18. The van der Waals surface area contributed by atoms with Crippen molar-refractivity contribution < 1.29 is 19.5 Å². The Kier molecular flexibility index (Phi) is 8.59. The molecular formula is C14H26N2O4. The van der Waals surface area contributed by atoms with Gasteiger partial charge in [0.05, 0.1) is 6.42 Å². The molecule has 0 spiro atoms. The lowest BCUT2D eigenvalue weighted by Gasteiger charge is -2.31. The summed E-state index contributed by atoms with van der Waals surface area (Å²) in [4.78, 5) is 34.0. The summed E-state index contributed by atoms with van der Waals surface area (Å²) in [7, 11) is 0. The highest BCUT2D eigenvalue weighted by atomic mass is 16.4. The lowest BCUT2D eigenvalue weighted by Crippen LogP contribution is -2.49. The van der Waals surface area contributed by atoms with E-state index in [4.69, 9.17) is 5.11 Å². The van der Waals surface area contributed by atoms with Crippen LogP contribution in [0.25, 0.3) is 0 Å². The third kappa shape index (κ3) is 7.11. The molecule has 0 aromatic heterocycles. The predicted octanol–water partition coefficient (Wildman–Crippen LogP) is 1.44. The van der Waals surface area contributed by atoms with Crippen molar-refractivity contribution in [2.75, 3.05) is 6.54 Å². The number of carbonyl (C=O) groups is 3. The van der Waals surface area contributed by atoms with Gasteiger partial charge in [0.2, 0.25) is 11.8 Å². The largest absolute Gasteiger partial charge is 0.481 e. The number of hydrogen-bond acceptors (Lipinski definition) is 3. The van der Waals surface area contributed by atoms with Gasteiger partial charge in [-0.2, -0.15) is 0 Å². The van der Waals surface area contributed by atoms with Gasteiger partial charge in [-0.15, -0.1) is 0 Å². The van der Waals surface area contributed by atoms with E-state index in [-0.39, 0.29) is 24.7 Å². The minimum Gasteiger partial charge on any atom is -0.481 e. The van der Waals surface area contributed by atoms with Crippen LogP contribution in [0.15, 0.2) is 0 Å². The number of carboxylic acid groups (broad SMARTS) is 1. The van der Waals surface area contributed by atoms with Crippen LogP contribution in [0.2, 0.25) is 0 Å². The molecule has 0 bridgehead atoms. The molecule has 0 aromatic carbocycles. The SMILES string of the molecule is CCNC(=O)CCCC(=O)NC(CC)(CC)CC(=O)O. The molecule has 116 valence electrons. The molecule has 0 aliphatic heterocycles. The molecule has 0 rings (SSSR count). The quantitative estimate of drug-likeness (QED) is 0.566. The van der Waals surface area contributed by atoms with Gasteiger partial charge in [-0.05, 0) is 26.2 Å². The number of carbonyl (C=O) groups excluding carboxylic acids is 2. The van der Waals surface area contributed by atoms with Gasteiger partial charge in [-0.1, -0.05) is 13.8 Å². The van der Waals surface area contributed by atoms with Crippen LogP contribution >= 0.6 is 0 Å². The summed E-state index contributed by atoms with van der Waals surface area (Å²) in [6.07, 6.45) is 2.07. The van der Waals surface area contributed by atoms with Crippen LogP contribution in [-0.2, 0) is 14.4 Å². The van der Waals surface area contributed by atoms with Crippen molar-refractivity contribution in [1.29, 1.82) is 0 Å². The van der Waals surface area contributed by atoms with E-state index < -0.39 is 11.5 Å². The van der Waals surface area contributed by atoms with Crippen molar-refractivity contribution in [2.24, 2.45) is 0 Å². The van der Waals surface area contributed by atoms with Crippen LogP contribution in [0.5, 0.6) is 0 Å². The maximum absolute atomic E-state index is 11.9. The summed E-state index contributed by atoms with van der Waals surface area (Å²) < 4.78 is 0. The number of nitrogens with one attached hydrogen (secondary N) is 2. The second-order valence-corrected chi connectivity index (χ2v) is 4.91. The first-order chi connectivity index (χ1) is 9.39. The third-order valence-electron chi connectivity index (χ3n) is 3.43. The monoisotopic (exact) mass is 286 g/mol. The van der Waals surface area contributed by atoms with Crippen LogP contribution in [0.4, 0.5) is 0 Å². The predicted molar refractivity (Wildman–Crippen MR) is 76.2 cm³/mol. The van der Waals surface area contributed by atoms with E-state index in [1.807, 2.05) is 20.8 Å². The average molecular weight is 286 g/mol. The van der Waals surface area contributed by atoms with Crippen molar-refractivity contribution in [3.8, 4) is 0 Å². The van der Waals surface area contributed by atoms with E-state index in [0.29, 0.717) is 32.2 Å². The van der Waals surface area contributed by atoms with Gasteiger partial charge in [0.25, 0.3) is 0 Å². The van der Waals surface area contributed by atoms with Crippen molar-refractivity contribution in [1.82, 2.24) is 10.6 Å². The Morgan fingerprint density at radius 1 is 1.00 bits per heavy atom. The molecule has 0 aliphatic carbocycles. The lowest BCUT2D eigenvalue weighted by atomic mass is 9.88. The van der Waals surface area contributed by atoms with Gasteiger partial charge in [-0.3, -0.25) is 14.4 Å². The summed E-state index contributed by atoms with van der Waals surface area (Å²) in [5.41, 5.74) is -0.686. The summed E-state index contributed by atoms with van der Waals surface area (Å²) in [6.45, 7) is 6.15.